The van der Waals surface area contributed by atoms with E-state index in [1.165, 1.54) is 17.1 Å². The molecule has 2 heterocycles. The molecule has 0 unspecified atom stereocenters. The van der Waals surface area contributed by atoms with Gasteiger partial charge in [-0.3, -0.25) is 0 Å². The van der Waals surface area contributed by atoms with Gasteiger partial charge in [-0.25, -0.2) is 0 Å². The first-order chi connectivity index (χ1) is 8.38. The number of nitrogens with zero attached hydrogens (tertiary/aromatic N) is 4. The Kier molecular flexibility index (Phi) is 2.53. The minimum absolute atomic E-state index is 0.832. The molecule has 0 amide bonds. The van der Waals surface area contributed by atoms with Gasteiger partial charge in [-0.15, -0.1) is 10.2 Å². The summed E-state index contributed by atoms with van der Waals surface area (Å²) in [4.78, 5) is 0. The molecule has 1 aromatic carbocycles. The van der Waals surface area contributed by atoms with Crippen LogP contribution in [0.2, 0.25) is 0 Å². The molecular formula is C12H10N4S. The summed E-state index contributed by atoms with van der Waals surface area (Å²) < 4.78 is 5.41. The molecule has 3 aromatic rings. The second kappa shape index (κ2) is 4.18. The lowest BCUT2D eigenvalue weighted by molar-refractivity contribution is 0.897. The van der Waals surface area contributed by atoms with Crippen molar-refractivity contribution >= 4 is 21.7 Å². The highest BCUT2D eigenvalue weighted by Gasteiger charge is 2.10. The minimum Gasteiger partial charge on any atom is -0.190 e. The molecule has 0 aliphatic heterocycles. The number of aromatic nitrogens is 4. The van der Waals surface area contributed by atoms with E-state index in [4.69, 9.17) is 0 Å². The van der Waals surface area contributed by atoms with Gasteiger partial charge in [0.15, 0.2) is 0 Å². The molecular weight excluding hydrogens is 232 g/mol. The fourth-order valence-corrected chi connectivity index (χ4v) is 2.46. The average Bonchev–Trinajstić information content (AvgIpc) is 2.82. The molecule has 0 spiro atoms. The largest absolute Gasteiger partial charge is 0.190 e. The quantitative estimate of drug-likeness (QED) is 0.693. The van der Waals surface area contributed by atoms with E-state index in [0.717, 1.165) is 27.9 Å². The Bertz CT molecular complexity index is 662. The summed E-state index contributed by atoms with van der Waals surface area (Å²) in [5.41, 5.74) is 4.12. The third kappa shape index (κ3) is 1.78. The lowest BCUT2D eigenvalue weighted by atomic mass is 10.1. The van der Waals surface area contributed by atoms with E-state index < -0.39 is 0 Å². The van der Waals surface area contributed by atoms with Gasteiger partial charge in [-0.1, -0.05) is 25.1 Å². The molecule has 0 aliphatic carbocycles. The van der Waals surface area contributed by atoms with Crippen molar-refractivity contribution in [1.29, 1.82) is 0 Å². The van der Waals surface area contributed by atoms with Crippen molar-refractivity contribution in [3.8, 4) is 11.3 Å². The molecule has 0 saturated carbocycles. The van der Waals surface area contributed by atoms with Crippen LogP contribution in [0.3, 0.4) is 0 Å². The number of rotatable bonds is 2. The molecule has 2 aromatic heterocycles. The number of fused-ring (bicyclic) bond motifs is 1. The summed E-state index contributed by atoms with van der Waals surface area (Å²) >= 11 is 1.41. The van der Waals surface area contributed by atoms with Gasteiger partial charge in [0.2, 0.25) is 0 Å². The zero-order valence-corrected chi connectivity index (χ0v) is 10.1. The van der Waals surface area contributed by atoms with Crippen molar-refractivity contribution in [2.45, 2.75) is 13.3 Å². The van der Waals surface area contributed by atoms with Gasteiger partial charge in [-0.2, -0.15) is 4.37 Å². The van der Waals surface area contributed by atoms with Gasteiger partial charge in [-0.05, 0) is 34.8 Å². The van der Waals surface area contributed by atoms with Gasteiger partial charge in [0, 0.05) is 5.56 Å². The van der Waals surface area contributed by atoms with Crippen LogP contribution < -0.4 is 0 Å². The topological polar surface area (TPSA) is 51.6 Å². The number of hydrogen-bond donors (Lipinski definition) is 0. The van der Waals surface area contributed by atoms with Crippen molar-refractivity contribution in [2.24, 2.45) is 0 Å². The van der Waals surface area contributed by atoms with E-state index in [9.17, 15) is 0 Å². The van der Waals surface area contributed by atoms with Crippen molar-refractivity contribution in [1.82, 2.24) is 19.8 Å². The monoisotopic (exact) mass is 242 g/mol. The van der Waals surface area contributed by atoms with E-state index in [1.807, 2.05) is 6.07 Å². The molecule has 3 rings (SSSR count). The van der Waals surface area contributed by atoms with E-state index in [1.54, 1.807) is 6.20 Å². The first-order valence-corrected chi connectivity index (χ1v) is 6.19. The van der Waals surface area contributed by atoms with E-state index in [2.05, 4.69) is 44.9 Å². The van der Waals surface area contributed by atoms with Crippen LogP contribution in [-0.4, -0.2) is 19.8 Å². The molecule has 5 heteroatoms. The molecule has 0 saturated heterocycles. The minimum atomic E-state index is 0.832. The molecule has 0 fully saturated rings. The van der Waals surface area contributed by atoms with Gasteiger partial charge in [0.05, 0.1) is 10.9 Å². The first kappa shape index (κ1) is 10.3. The highest BCUT2D eigenvalue weighted by molar-refractivity contribution is 7.13. The Morgan fingerprint density at radius 3 is 3.12 bits per heavy atom. The maximum Gasteiger partial charge on any atom is 0.135 e. The Hall–Kier alpha value is -1.88. The molecule has 0 bridgehead atoms. The predicted octanol–water partition coefficient (Wildman–Crippen LogP) is 2.71. The third-order valence-electron chi connectivity index (χ3n) is 2.67. The summed E-state index contributed by atoms with van der Waals surface area (Å²) in [7, 11) is 0. The molecule has 0 atom stereocenters. The molecule has 4 nitrogen and oxygen atoms in total. The summed E-state index contributed by atoms with van der Waals surface area (Å²) in [6.07, 6.45) is 2.72. The van der Waals surface area contributed by atoms with Crippen molar-refractivity contribution in [3.05, 3.63) is 36.0 Å². The molecule has 0 radical (unpaired) electrons. The van der Waals surface area contributed by atoms with Crippen LogP contribution in [0.25, 0.3) is 21.5 Å². The van der Waals surface area contributed by atoms with Crippen LogP contribution in [0.5, 0.6) is 0 Å². The lowest BCUT2D eigenvalue weighted by Crippen LogP contribution is -1.87. The smallest absolute Gasteiger partial charge is 0.135 e. The van der Waals surface area contributed by atoms with Crippen molar-refractivity contribution < 1.29 is 0 Å². The van der Waals surface area contributed by atoms with E-state index >= 15 is 0 Å². The standard InChI is InChI=1S/C12H10N4S/c1-2-8-4-3-5-9(6-8)11-12-10(17-15-11)7-13-16-14-12/h3-7H,2H2,1H3. The highest BCUT2D eigenvalue weighted by Crippen LogP contribution is 2.28. The zero-order chi connectivity index (χ0) is 11.7. The van der Waals surface area contributed by atoms with Crippen LogP contribution in [0, 0.1) is 0 Å². The maximum atomic E-state index is 4.44. The predicted molar refractivity (Wildman–Crippen MR) is 67.8 cm³/mol. The van der Waals surface area contributed by atoms with Crippen LogP contribution >= 0.6 is 11.5 Å². The molecule has 0 N–H and O–H groups in total. The SMILES string of the molecule is CCc1cccc(-c2nsc3cnnnc23)c1. The van der Waals surface area contributed by atoms with Gasteiger partial charge in [0.1, 0.15) is 11.2 Å². The fourth-order valence-electron chi connectivity index (χ4n) is 1.76. The molecule has 84 valence electrons. The Balaban J connectivity index is 2.20. The third-order valence-corrected chi connectivity index (χ3v) is 3.44. The second-order valence-corrected chi connectivity index (χ2v) is 4.54. The second-order valence-electron chi connectivity index (χ2n) is 3.73. The van der Waals surface area contributed by atoms with Crippen LogP contribution in [-0.2, 0) is 6.42 Å². The number of aryl methyl sites for hydroxylation is 1. The summed E-state index contributed by atoms with van der Waals surface area (Å²) in [5.74, 6) is 0. The lowest BCUT2D eigenvalue weighted by Gasteiger charge is -2.00. The van der Waals surface area contributed by atoms with Gasteiger partial charge >= 0.3 is 0 Å². The van der Waals surface area contributed by atoms with Crippen molar-refractivity contribution in [3.63, 3.8) is 0 Å². The van der Waals surface area contributed by atoms with E-state index in [0.29, 0.717) is 0 Å². The fraction of sp³-hybridized carbons (Fsp3) is 0.167. The summed E-state index contributed by atoms with van der Waals surface area (Å²) in [5, 5.41) is 11.5. The van der Waals surface area contributed by atoms with E-state index in [-0.39, 0.29) is 0 Å². The Morgan fingerprint density at radius 1 is 1.29 bits per heavy atom. The Labute approximate surface area is 102 Å². The molecule has 17 heavy (non-hydrogen) atoms. The number of hydrogen-bond acceptors (Lipinski definition) is 5. The zero-order valence-electron chi connectivity index (χ0n) is 9.29. The Morgan fingerprint density at radius 2 is 2.24 bits per heavy atom. The average molecular weight is 242 g/mol. The van der Waals surface area contributed by atoms with Gasteiger partial charge < -0.3 is 0 Å². The summed E-state index contributed by atoms with van der Waals surface area (Å²) in [6, 6.07) is 8.37. The number of benzene rings is 1. The highest BCUT2D eigenvalue weighted by atomic mass is 32.1. The van der Waals surface area contributed by atoms with Crippen LogP contribution in [0.4, 0.5) is 0 Å². The first-order valence-electron chi connectivity index (χ1n) is 5.41. The normalized spacial score (nSPS) is 10.9. The summed E-state index contributed by atoms with van der Waals surface area (Å²) in [6.45, 7) is 2.14. The molecule has 0 aliphatic rings. The van der Waals surface area contributed by atoms with Crippen LogP contribution in [0.1, 0.15) is 12.5 Å². The maximum absolute atomic E-state index is 4.44. The van der Waals surface area contributed by atoms with Crippen molar-refractivity contribution in [2.75, 3.05) is 0 Å². The van der Waals surface area contributed by atoms with Crippen LogP contribution in [0.15, 0.2) is 30.5 Å². The van der Waals surface area contributed by atoms with Gasteiger partial charge in [0.25, 0.3) is 0 Å².